The number of hydrogen-bond acceptors (Lipinski definition) is 3. The highest BCUT2D eigenvalue weighted by Gasteiger charge is 2.39. The van der Waals surface area contributed by atoms with E-state index in [4.69, 9.17) is 11.6 Å². The van der Waals surface area contributed by atoms with Crippen LogP contribution < -0.4 is 10.2 Å². The van der Waals surface area contributed by atoms with Crippen molar-refractivity contribution in [3.63, 3.8) is 0 Å². The fraction of sp³-hybridized carbons (Fsp3) is 0.176. The van der Waals surface area contributed by atoms with Crippen LogP contribution in [0.2, 0.25) is 5.02 Å². The van der Waals surface area contributed by atoms with Crippen molar-refractivity contribution in [3.05, 3.63) is 65.2 Å². The Hall–Kier alpha value is -2.17. The number of nitrogens with one attached hydrogen (secondary N) is 1. The van der Waals surface area contributed by atoms with Gasteiger partial charge in [-0.15, -0.1) is 0 Å². The Morgan fingerprint density at radius 1 is 1.05 bits per heavy atom. The Morgan fingerprint density at radius 2 is 1.73 bits per heavy atom. The van der Waals surface area contributed by atoms with Crippen molar-refractivity contribution in [1.29, 1.82) is 0 Å². The normalized spacial score (nSPS) is 18.0. The predicted octanol–water partition coefficient (Wildman–Crippen LogP) is 2.76. The molecule has 1 heterocycles. The van der Waals surface area contributed by atoms with E-state index in [1.165, 1.54) is 4.90 Å². The Labute approximate surface area is 133 Å². The molecule has 5 heteroatoms. The van der Waals surface area contributed by atoms with Gasteiger partial charge in [-0.2, -0.15) is 0 Å². The molecule has 1 saturated heterocycles. The van der Waals surface area contributed by atoms with E-state index in [9.17, 15) is 9.59 Å². The van der Waals surface area contributed by atoms with Gasteiger partial charge in [-0.1, -0.05) is 41.9 Å². The summed E-state index contributed by atoms with van der Waals surface area (Å²) in [5.74, 6) is -0.380. The lowest BCUT2D eigenvalue weighted by molar-refractivity contribution is -0.121. The molecule has 2 aromatic rings. The van der Waals surface area contributed by atoms with Crippen LogP contribution in [0.3, 0.4) is 0 Å². The first kappa shape index (κ1) is 14.8. The third-order valence-corrected chi connectivity index (χ3v) is 3.88. The van der Waals surface area contributed by atoms with E-state index in [2.05, 4.69) is 5.32 Å². The molecule has 1 aliphatic rings. The summed E-state index contributed by atoms with van der Waals surface area (Å²) in [4.78, 5) is 25.8. The average molecular weight is 315 g/mol. The maximum absolute atomic E-state index is 12.4. The average Bonchev–Trinajstić information content (AvgIpc) is 2.82. The maximum atomic E-state index is 12.4. The number of carbonyl (C=O) groups excluding carboxylic acids is 2. The van der Waals surface area contributed by atoms with Crippen molar-refractivity contribution in [3.8, 4) is 0 Å². The van der Waals surface area contributed by atoms with Crippen LogP contribution in [0, 0.1) is 0 Å². The standard InChI is InChI=1S/C17H15ClN2O2/c18-13-8-6-12(7-9-13)11-19-15-10-16(21)20(17(15)22)14-4-2-1-3-5-14/h1-9,15,19H,10-11H2/t15-/m0/s1. The summed E-state index contributed by atoms with van der Waals surface area (Å²) < 4.78 is 0. The second-order valence-electron chi connectivity index (χ2n) is 5.17. The second-order valence-corrected chi connectivity index (χ2v) is 5.60. The fourth-order valence-corrected chi connectivity index (χ4v) is 2.61. The lowest BCUT2D eigenvalue weighted by Gasteiger charge is -2.15. The Morgan fingerprint density at radius 3 is 2.41 bits per heavy atom. The molecule has 2 amide bonds. The third-order valence-electron chi connectivity index (χ3n) is 3.63. The molecule has 2 aromatic carbocycles. The zero-order chi connectivity index (χ0) is 15.5. The maximum Gasteiger partial charge on any atom is 0.251 e. The minimum atomic E-state index is -0.483. The van der Waals surface area contributed by atoms with Crippen molar-refractivity contribution >= 4 is 29.1 Å². The molecule has 1 N–H and O–H groups in total. The van der Waals surface area contributed by atoms with Crippen LogP contribution >= 0.6 is 11.6 Å². The molecule has 112 valence electrons. The van der Waals surface area contributed by atoms with Gasteiger partial charge >= 0.3 is 0 Å². The third kappa shape index (κ3) is 3.03. The first-order chi connectivity index (χ1) is 10.6. The highest BCUT2D eigenvalue weighted by Crippen LogP contribution is 2.22. The molecule has 0 aliphatic carbocycles. The van der Waals surface area contributed by atoms with Gasteiger partial charge in [0, 0.05) is 11.6 Å². The molecule has 4 nitrogen and oxygen atoms in total. The van der Waals surface area contributed by atoms with Crippen LogP contribution in [-0.2, 0) is 16.1 Å². The topological polar surface area (TPSA) is 49.4 Å². The molecule has 1 atom stereocenters. The number of imide groups is 1. The van der Waals surface area contributed by atoms with Gasteiger partial charge in [-0.25, -0.2) is 4.90 Å². The van der Waals surface area contributed by atoms with Gasteiger partial charge in [-0.05, 0) is 29.8 Å². The number of anilines is 1. The van der Waals surface area contributed by atoms with Crippen LogP contribution in [0.4, 0.5) is 5.69 Å². The lowest BCUT2D eigenvalue weighted by Crippen LogP contribution is -2.38. The lowest BCUT2D eigenvalue weighted by atomic mass is 10.2. The minimum Gasteiger partial charge on any atom is -0.301 e. The van der Waals surface area contributed by atoms with Gasteiger partial charge in [0.1, 0.15) is 0 Å². The van der Waals surface area contributed by atoms with Crippen LogP contribution in [0.25, 0.3) is 0 Å². The van der Waals surface area contributed by atoms with Gasteiger partial charge in [0.15, 0.2) is 0 Å². The molecule has 0 spiro atoms. The summed E-state index contributed by atoms with van der Waals surface area (Å²) in [6.45, 7) is 0.517. The first-order valence-electron chi connectivity index (χ1n) is 7.05. The van der Waals surface area contributed by atoms with Crippen LogP contribution in [-0.4, -0.2) is 17.9 Å². The second kappa shape index (κ2) is 6.30. The van der Waals surface area contributed by atoms with Crippen molar-refractivity contribution < 1.29 is 9.59 Å². The molecular formula is C17H15ClN2O2. The van der Waals surface area contributed by atoms with E-state index < -0.39 is 6.04 Å². The molecule has 22 heavy (non-hydrogen) atoms. The number of carbonyl (C=O) groups is 2. The smallest absolute Gasteiger partial charge is 0.251 e. The summed E-state index contributed by atoms with van der Waals surface area (Å²) in [6, 6.07) is 15.9. The zero-order valence-corrected chi connectivity index (χ0v) is 12.6. The Balaban J connectivity index is 1.68. The number of nitrogens with zero attached hydrogens (tertiary/aromatic N) is 1. The molecule has 0 saturated carbocycles. The largest absolute Gasteiger partial charge is 0.301 e. The number of benzene rings is 2. The van der Waals surface area contributed by atoms with E-state index in [-0.39, 0.29) is 18.2 Å². The SMILES string of the molecule is O=C1C[C@H](NCc2ccc(Cl)cc2)C(=O)N1c1ccccc1. The van der Waals surface area contributed by atoms with E-state index in [1.54, 1.807) is 24.3 Å². The summed E-state index contributed by atoms with van der Waals surface area (Å²) >= 11 is 5.84. The first-order valence-corrected chi connectivity index (χ1v) is 7.42. The highest BCUT2D eigenvalue weighted by atomic mass is 35.5. The summed E-state index contributed by atoms with van der Waals surface area (Å²) in [5, 5.41) is 3.81. The number of rotatable bonds is 4. The van der Waals surface area contributed by atoms with E-state index in [0.29, 0.717) is 17.3 Å². The zero-order valence-electron chi connectivity index (χ0n) is 11.8. The van der Waals surface area contributed by atoms with Gasteiger partial charge in [-0.3, -0.25) is 9.59 Å². The molecule has 0 radical (unpaired) electrons. The quantitative estimate of drug-likeness (QED) is 0.883. The molecule has 0 bridgehead atoms. The molecule has 0 aromatic heterocycles. The summed E-state index contributed by atoms with van der Waals surface area (Å²) in [7, 11) is 0. The number of para-hydroxylation sites is 1. The number of halogens is 1. The molecular weight excluding hydrogens is 300 g/mol. The highest BCUT2D eigenvalue weighted by molar-refractivity contribution is 6.30. The molecule has 3 rings (SSSR count). The number of hydrogen-bond donors (Lipinski definition) is 1. The van der Waals surface area contributed by atoms with Crippen molar-refractivity contribution in [1.82, 2.24) is 5.32 Å². The van der Waals surface area contributed by atoms with E-state index in [0.717, 1.165) is 5.56 Å². The van der Waals surface area contributed by atoms with Crippen molar-refractivity contribution in [2.45, 2.75) is 19.0 Å². The predicted molar refractivity (Wildman–Crippen MR) is 85.6 cm³/mol. The Bertz CT molecular complexity index is 686. The van der Waals surface area contributed by atoms with Gasteiger partial charge in [0.2, 0.25) is 5.91 Å². The number of amides is 2. The van der Waals surface area contributed by atoms with E-state index in [1.807, 2.05) is 30.3 Å². The molecule has 1 fully saturated rings. The van der Waals surface area contributed by atoms with Crippen molar-refractivity contribution in [2.75, 3.05) is 4.90 Å². The summed E-state index contributed by atoms with van der Waals surface area (Å²) in [5.41, 5.74) is 1.64. The Kier molecular flexibility index (Phi) is 4.22. The fourth-order valence-electron chi connectivity index (χ4n) is 2.48. The monoisotopic (exact) mass is 314 g/mol. The summed E-state index contributed by atoms with van der Waals surface area (Å²) in [6.07, 6.45) is 0.182. The van der Waals surface area contributed by atoms with E-state index >= 15 is 0 Å². The molecule has 1 aliphatic heterocycles. The molecule has 0 unspecified atom stereocenters. The van der Waals surface area contributed by atoms with Crippen LogP contribution in [0.1, 0.15) is 12.0 Å². The van der Waals surface area contributed by atoms with Gasteiger partial charge in [0.25, 0.3) is 5.91 Å². The van der Waals surface area contributed by atoms with Gasteiger partial charge in [0.05, 0.1) is 18.2 Å². The van der Waals surface area contributed by atoms with Crippen LogP contribution in [0.5, 0.6) is 0 Å². The van der Waals surface area contributed by atoms with Gasteiger partial charge < -0.3 is 5.32 Å². The minimum absolute atomic E-state index is 0.176. The van der Waals surface area contributed by atoms with Crippen molar-refractivity contribution in [2.24, 2.45) is 0 Å². The van der Waals surface area contributed by atoms with Crippen LogP contribution in [0.15, 0.2) is 54.6 Å².